The highest BCUT2D eigenvalue weighted by atomic mass is 15.1. The van der Waals surface area contributed by atoms with Crippen LogP contribution in [0.5, 0.6) is 0 Å². The molecule has 0 unspecified atom stereocenters. The molecule has 2 aromatic rings. The lowest BCUT2D eigenvalue weighted by Crippen LogP contribution is -1.80. The van der Waals surface area contributed by atoms with Crippen molar-refractivity contribution in [2.45, 2.75) is 6.92 Å². The van der Waals surface area contributed by atoms with Crippen LogP contribution < -0.4 is 0 Å². The lowest BCUT2D eigenvalue weighted by atomic mass is 10.3. The normalized spacial score (nSPS) is 10.5. The number of aromatic amines is 1. The van der Waals surface area contributed by atoms with Gasteiger partial charge in [-0.3, -0.25) is 10.1 Å². The molecule has 0 saturated carbocycles. The predicted octanol–water partition coefficient (Wildman–Crippen LogP) is 1.27. The number of hydrogen-bond donors (Lipinski definition) is 1. The summed E-state index contributed by atoms with van der Waals surface area (Å²) in [5.74, 6) is 0. The number of nitrogens with zero attached hydrogens (tertiary/aromatic N) is 2. The Morgan fingerprint density at radius 1 is 1.50 bits per heavy atom. The molecule has 3 nitrogen and oxygen atoms in total. The van der Waals surface area contributed by atoms with Crippen molar-refractivity contribution in [2.75, 3.05) is 0 Å². The van der Waals surface area contributed by atoms with Gasteiger partial charge in [-0.15, -0.1) is 0 Å². The van der Waals surface area contributed by atoms with Gasteiger partial charge in [0, 0.05) is 11.6 Å². The van der Waals surface area contributed by atoms with Gasteiger partial charge in [0.2, 0.25) is 0 Å². The van der Waals surface area contributed by atoms with Gasteiger partial charge in [-0.1, -0.05) is 0 Å². The zero-order valence-electron chi connectivity index (χ0n) is 5.63. The standard InChI is InChI=1S/C7H7N3/c1-5-7-6(2-3-8-5)4-9-10-7/h2-4H,1H3,(H,9,10). The maximum absolute atomic E-state index is 4.11. The molecule has 0 radical (unpaired) electrons. The summed E-state index contributed by atoms with van der Waals surface area (Å²) in [6.45, 7) is 1.96. The minimum Gasteiger partial charge on any atom is -0.276 e. The van der Waals surface area contributed by atoms with Crippen LogP contribution in [-0.4, -0.2) is 15.2 Å². The topological polar surface area (TPSA) is 41.6 Å². The molecule has 0 atom stereocenters. The van der Waals surface area contributed by atoms with E-state index in [1.807, 2.05) is 13.0 Å². The van der Waals surface area contributed by atoms with Gasteiger partial charge in [-0.25, -0.2) is 0 Å². The highest BCUT2D eigenvalue weighted by Gasteiger charge is 1.96. The van der Waals surface area contributed by atoms with Crippen molar-refractivity contribution < 1.29 is 0 Å². The summed E-state index contributed by atoms with van der Waals surface area (Å²) >= 11 is 0. The number of rotatable bonds is 0. The maximum atomic E-state index is 4.11. The number of fused-ring (bicyclic) bond motifs is 1. The first-order chi connectivity index (χ1) is 4.88. The molecule has 0 spiro atoms. The minimum absolute atomic E-state index is 0.995. The summed E-state index contributed by atoms with van der Waals surface area (Å²) in [5.41, 5.74) is 2.03. The molecular formula is C7H7N3. The quantitative estimate of drug-likeness (QED) is 0.588. The van der Waals surface area contributed by atoms with Gasteiger partial charge < -0.3 is 0 Å². The highest BCUT2D eigenvalue weighted by Crippen LogP contribution is 2.10. The van der Waals surface area contributed by atoms with E-state index >= 15 is 0 Å². The molecule has 2 heterocycles. The number of hydrogen-bond acceptors (Lipinski definition) is 2. The summed E-state index contributed by atoms with van der Waals surface area (Å²) in [6, 6.07) is 1.94. The summed E-state index contributed by atoms with van der Waals surface area (Å²) in [5, 5.41) is 7.89. The molecule has 0 bridgehead atoms. The van der Waals surface area contributed by atoms with Crippen molar-refractivity contribution in [1.82, 2.24) is 15.2 Å². The fraction of sp³-hybridized carbons (Fsp3) is 0.143. The monoisotopic (exact) mass is 133 g/mol. The van der Waals surface area contributed by atoms with Crippen molar-refractivity contribution in [2.24, 2.45) is 0 Å². The van der Waals surface area contributed by atoms with Gasteiger partial charge in [0.25, 0.3) is 0 Å². The van der Waals surface area contributed by atoms with Gasteiger partial charge >= 0.3 is 0 Å². The third-order valence-corrected chi connectivity index (χ3v) is 1.55. The second-order valence-electron chi connectivity index (χ2n) is 2.23. The van der Waals surface area contributed by atoms with Crippen LogP contribution in [0.1, 0.15) is 5.69 Å². The van der Waals surface area contributed by atoms with Gasteiger partial charge in [0.05, 0.1) is 17.4 Å². The number of aryl methyl sites for hydroxylation is 1. The SMILES string of the molecule is Cc1nccc2cn[nH]c12. The Balaban J connectivity index is 2.95. The van der Waals surface area contributed by atoms with E-state index in [9.17, 15) is 0 Å². The Kier molecular flexibility index (Phi) is 0.974. The molecule has 10 heavy (non-hydrogen) atoms. The molecule has 50 valence electrons. The number of pyridine rings is 1. The molecule has 0 aliphatic rings. The summed E-state index contributed by atoms with van der Waals surface area (Å²) < 4.78 is 0. The largest absolute Gasteiger partial charge is 0.276 e. The zero-order chi connectivity index (χ0) is 6.97. The maximum Gasteiger partial charge on any atom is 0.0862 e. The van der Waals surface area contributed by atoms with Gasteiger partial charge in [0.15, 0.2) is 0 Å². The van der Waals surface area contributed by atoms with E-state index < -0.39 is 0 Å². The fourth-order valence-corrected chi connectivity index (χ4v) is 1.01. The van der Waals surface area contributed by atoms with Crippen molar-refractivity contribution in [3.63, 3.8) is 0 Å². The van der Waals surface area contributed by atoms with Crippen LogP contribution in [0.4, 0.5) is 0 Å². The van der Waals surface area contributed by atoms with Crippen LogP contribution in [0.2, 0.25) is 0 Å². The molecular weight excluding hydrogens is 126 g/mol. The van der Waals surface area contributed by atoms with Crippen LogP contribution in [0, 0.1) is 6.92 Å². The third kappa shape index (κ3) is 0.603. The molecule has 1 N–H and O–H groups in total. The number of aromatic nitrogens is 3. The van der Waals surface area contributed by atoms with Crippen LogP contribution in [0.25, 0.3) is 10.9 Å². The van der Waals surface area contributed by atoms with Crippen molar-refractivity contribution in [1.29, 1.82) is 0 Å². The van der Waals surface area contributed by atoms with E-state index in [2.05, 4.69) is 15.2 Å². The van der Waals surface area contributed by atoms with Gasteiger partial charge in [0.1, 0.15) is 0 Å². The molecule has 0 aliphatic carbocycles. The summed E-state index contributed by atoms with van der Waals surface area (Å²) in [6.07, 6.45) is 3.58. The lowest BCUT2D eigenvalue weighted by molar-refractivity contribution is 1.10. The van der Waals surface area contributed by atoms with Crippen molar-refractivity contribution in [3.05, 3.63) is 24.2 Å². The van der Waals surface area contributed by atoms with Crippen molar-refractivity contribution >= 4 is 10.9 Å². The van der Waals surface area contributed by atoms with Gasteiger partial charge in [-0.05, 0) is 13.0 Å². The predicted molar refractivity (Wildman–Crippen MR) is 38.6 cm³/mol. The van der Waals surface area contributed by atoms with Crippen molar-refractivity contribution in [3.8, 4) is 0 Å². The third-order valence-electron chi connectivity index (χ3n) is 1.55. The average Bonchev–Trinajstić information content (AvgIpc) is 2.36. The average molecular weight is 133 g/mol. The van der Waals surface area contributed by atoms with Crippen LogP contribution >= 0.6 is 0 Å². The number of H-pyrrole nitrogens is 1. The Morgan fingerprint density at radius 3 is 3.20 bits per heavy atom. The minimum atomic E-state index is 0.995. The van der Waals surface area contributed by atoms with E-state index in [-0.39, 0.29) is 0 Å². The Labute approximate surface area is 58.1 Å². The second kappa shape index (κ2) is 1.80. The first-order valence-corrected chi connectivity index (χ1v) is 3.12. The van der Waals surface area contributed by atoms with E-state index in [0.29, 0.717) is 0 Å². The molecule has 0 aliphatic heterocycles. The molecule has 0 amide bonds. The van der Waals surface area contributed by atoms with Crippen LogP contribution in [0.15, 0.2) is 18.5 Å². The number of nitrogens with one attached hydrogen (secondary N) is 1. The lowest BCUT2D eigenvalue weighted by Gasteiger charge is -1.90. The Hall–Kier alpha value is -1.38. The molecule has 2 rings (SSSR count). The fourth-order valence-electron chi connectivity index (χ4n) is 1.01. The molecule has 3 heteroatoms. The Bertz CT molecular complexity index is 350. The van der Waals surface area contributed by atoms with E-state index in [1.54, 1.807) is 12.4 Å². The molecule has 0 aromatic carbocycles. The zero-order valence-corrected chi connectivity index (χ0v) is 5.63. The smallest absolute Gasteiger partial charge is 0.0862 e. The van der Waals surface area contributed by atoms with Gasteiger partial charge in [-0.2, -0.15) is 5.10 Å². The molecule has 0 saturated heterocycles. The second-order valence-corrected chi connectivity index (χ2v) is 2.23. The van der Waals surface area contributed by atoms with Crippen LogP contribution in [0.3, 0.4) is 0 Å². The molecule has 2 aromatic heterocycles. The van der Waals surface area contributed by atoms with Crippen LogP contribution in [-0.2, 0) is 0 Å². The first-order valence-electron chi connectivity index (χ1n) is 3.12. The van der Waals surface area contributed by atoms with E-state index in [0.717, 1.165) is 16.6 Å². The highest BCUT2D eigenvalue weighted by molar-refractivity contribution is 5.79. The van der Waals surface area contributed by atoms with E-state index in [4.69, 9.17) is 0 Å². The summed E-state index contributed by atoms with van der Waals surface area (Å²) in [4.78, 5) is 4.11. The summed E-state index contributed by atoms with van der Waals surface area (Å²) in [7, 11) is 0. The molecule has 0 fully saturated rings. The van der Waals surface area contributed by atoms with E-state index in [1.165, 1.54) is 0 Å². The first kappa shape index (κ1) is 5.41. The Morgan fingerprint density at radius 2 is 2.40 bits per heavy atom.